The molecule has 0 rings (SSSR count). The van der Waals surface area contributed by atoms with E-state index < -0.39 is 5.09 Å². The van der Waals surface area contributed by atoms with Gasteiger partial charge in [0, 0.05) is 43.2 Å². The minimum absolute atomic E-state index is 0. The van der Waals surface area contributed by atoms with Crippen molar-refractivity contribution in [1.29, 1.82) is 0 Å². The number of nitrogens with zero attached hydrogens (tertiary/aromatic N) is 1. The maximum atomic E-state index is 8.25. The topological polar surface area (TPSA) is 130 Å². The van der Waals surface area contributed by atoms with Crippen LogP contribution >= 0.6 is 0 Å². The van der Waals surface area contributed by atoms with Crippen LogP contribution in [0.2, 0.25) is 0 Å². The van der Waals surface area contributed by atoms with E-state index in [1.807, 2.05) is 0 Å². The van der Waals surface area contributed by atoms with Crippen LogP contribution in [0.25, 0.3) is 0 Å². The monoisotopic (exact) mass is 228 g/mol. The Balaban J connectivity index is -0.000000142. The minimum atomic E-state index is -1.75. The van der Waals surface area contributed by atoms with Crippen LogP contribution in [-0.2, 0) is 17.1 Å². The van der Waals surface area contributed by atoms with Gasteiger partial charge in [-0.3, -0.25) is 0 Å². The normalized spacial score (nSPS) is 7.50. The van der Waals surface area contributed by atoms with Crippen LogP contribution in [0.3, 0.4) is 0 Å². The predicted octanol–water partition coefficient (Wildman–Crippen LogP) is -1.75. The summed E-state index contributed by atoms with van der Waals surface area (Å²) in [7, 11) is 0. The van der Waals surface area contributed by atoms with E-state index in [2.05, 4.69) is 5.32 Å². The molecule has 0 unspecified atom stereocenters. The molecule has 0 saturated heterocycles. The summed E-state index contributed by atoms with van der Waals surface area (Å²) in [4.78, 5) is 8.25. The quantitative estimate of drug-likeness (QED) is 0.226. The number of nitrogens with two attached hydrogens (primary N) is 2. The molecule has 0 aliphatic carbocycles. The zero-order chi connectivity index (χ0) is 9.11. The predicted molar refractivity (Wildman–Crippen MR) is 41.3 cm³/mol. The Hall–Kier alpha value is -0.401. The van der Waals surface area contributed by atoms with Gasteiger partial charge < -0.3 is 32.1 Å². The van der Waals surface area contributed by atoms with Gasteiger partial charge >= 0.3 is 0 Å². The zero-order valence-electron chi connectivity index (χ0n) is 6.46. The van der Waals surface area contributed by atoms with Crippen LogP contribution in [0.15, 0.2) is 0 Å². The third-order valence-corrected chi connectivity index (χ3v) is 0.642. The summed E-state index contributed by atoms with van der Waals surface area (Å²) in [5.74, 6) is 0. The molecular weight excluding hydrogens is 216 g/mol. The molecule has 79 valence electrons. The Labute approximate surface area is 81.1 Å². The minimum Gasteiger partial charge on any atom is -0.356 e. The fraction of sp³-hybridized carbons (Fsp3) is 1.00. The van der Waals surface area contributed by atoms with E-state index in [4.69, 9.17) is 26.8 Å². The largest absolute Gasteiger partial charge is 0.356 e. The number of hydrogen-bond donors (Lipinski definition) is 3. The summed E-state index contributed by atoms with van der Waals surface area (Å²) in [5.41, 5.74) is 10.3. The van der Waals surface area contributed by atoms with Crippen molar-refractivity contribution in [3.05, 3.63) is 15.3 Å². The second kappa shape index (κ2) is 16.9. The smallest absolute Gasteiger partial charge is 0.0689 e. The number of hydrogen-bond acceptors (Lipinski definition) is 6. The molecule has 0 aliphatic heterocycles. The first-order valence-corrected chi connectivity index (χ1v) is 3.07. The molecule has 7 nitrogen and oxygen atoms in total. The third kappa shape index (κ3) is 54.8. The van der Waals surface area contributed by atoms with Gasteiger partial charge in [0.2, 0.25) is 0 Å². The average Bonchev–Trinajstić information content (AvgIpc) is 1.88. The van der Waals surface area contributed by atoms with Crippen molar-refractivity contribution < 1.29 is 22.2 Å². The molecule has 5 N–H and O–H groups in total. The summed E-state index contributed by atoms with van der Waals surface area (Å²) >= 11 is 0. The molecule has 0 atom stereocenters. The van der Waals surface area contributed by atoms with Gasteiger partial charge in [0.15, 0.2) is 0 Å². The van der Waals surface area contributed by atoms with E-state index in [1.54, 1.807) is 0 Å². The molecule has 0 aromatic heterocycles. The summed E-state index contributed by atoms with van der Waals surface area (Å²) < 4.78 is 0. The summed E-state index contributed by atoms with van der Waals surface area (Å²) in [6, 6.07) is 0. The van der Waals surface area contributed by atoms with E-state index in [0.717, 1.165) is 13.1 Å². The van der Waals surface area contributed by atoms with Crippen molar-refractivity contribution in [2.24, 2.45) is 11.5 Å². The van der Waals surface area contributed by atoms with Crippen molar-refractivity contribution in [3.63, 3.8) is 0 Å². The van der Waals surface area contributed by atoms with Crippen LogP contribution in [0.5, 0.6) is 0 Å². The molecule has 8 heteroatoms. The van der Waals surface area contributed by atoms with E-state index in [9.17, 15) is 0 Å². The van der Waals surface area contributed by atoms with Crippen molar-refractivity contribution in [2.45, 2.75) is 0 Å². The molecule has 1 radical (unpaired) electrons. The first kappa shape index (κ1) is 17.6. The summed E-state index contributed by atoms with van der Waals surface area (Å²) in [6.07, 6.45) is 0. The molecule has 0 bridgehead atoms. The van der Waals surface area contributed by atoms with E-state index in [1.165, 1.54) is 0 Å². The van der Waals surface area contributed by atoms with Crippen molar-refractivity contribution >= 4 is 0 Å². The molecule has 12 heavy (non-hydrogen) atoms. The molecule has 0 spiro atoms. The van der Waals surface area contributed by atoms with E-state index in [-0.39, 0.29) is 17.1 Å². The van der Waals surface area contributed by atoms with Gasteiger partial charge in [-0.25, -0.2) is 0 Å². The SMILES string of the molecule is NCCNCCN.O=[N+]([O-])[O-].[Cu]. The molecule has 0 aromatic carbocycles. The second-order valence-corrected chi connectivity index (χ2v) is 1.55. The molecule has 0 fully saturated rings. The summed E-state index contributed by atoms with van der Waals surface area (Å²) in [5, 5.41) is 17.8. The summed E-state index contributed by atoms with van der Waals surface area (Å²) in [6.45, 7) is 3.13. The Kier molecular flexibility index (Phi) is 24.8. The Morgan fingerprint density at radius 2 is 1.42 bits per heavy atom. The van der Waals surface area contributed by atoms with Crippen LogP contribution < -0.4 is 16.8 Å². The van der Waals surface area contributed by atoms with Crippen LogP contribution in [0.1, 0.15) is 0 Å². The number of nitrogens with one attached hydrogen (secondary N) is 1. The molecule has 0 heterocycles. The fourth-order valence-electron chi connectivity index (χ4n) is 0.329. The van der Waals surface area contributed by atoms with Crippen molar-refractivity contribution in [2.75, 3.05) is 26.2 Å². The van der Waals surface area contributed by atoms with Gasteiger partial charge in [-0.2, -0.15) is 0 Å². The van der Waals surface area contributed by atoms with Gasteiger partial charge in [0.25, 0.3) is 0 Å². The standard InChI is InChI=1S/C4H13N3.Cu.NO3/c5-1-3-7-4-2-6;;2-1(3)4/h7H,1-6H2;;/q;;-1. The van der Waals surface area contributed by atoms with Crippen LogP contribution in [-0.4, -0.2) is 31.3 Å². The Morgan fingerprint density at radius 1 is 1.17 bits per heavy atom. The Morgan fingerprint density at radius 3 is 1.58 bits per heavy atom. The van der Waals surface area contributed by atoms with E-state index in [0.29, 0.717) is 13.1 Å². The van der Waals surface area contributed by atoms with Crippen molar-refractivity contribution in [3.8, 4) is 0 Å². The third-order valence-electron chi connectivity index (χ3n) is 0.642. The molecule has 0 aromatic rings. The van der Waals surface area contributed by atoms with Crippen molar-refractivity contribution in [1.82, 2.24) is 5.32 Å². The van der Waals surface area contributed by atoms with Gasteiger partial charge in [-0.05, 0) is 0 Å². The van der Waals surface area contributed by atoms with Crippen LogP contribution in [0.4, 0.5) is 0 Å². The molecular formula is C4H13CuN4O3-. The van der Waals surface area contributed by atoms with Gasteiger partial charge in [-0.15, -0.1) is 0 Å². The van der Waals surface area contributed by atoms with Crippen LogP contribution in [0, 0.1) is 15.3 Å². The maximum Gasteiger partial charge on any atom is 0.0689 e. The van der Waals surface area contributed by atoms with Gasteiger partial charge in [-0.1, -0.05) is 0 Å². The molecule has 0 saturated carbocycles. The first-order valence-electron chi connectivity index (χ1n) is 3.07. The molecule has 0 amide bonds. The second-order valence-electron chi connectivity index (χ2n) is 1.55. The maximum absolute atomic E-state index is 8.25. The Bertz CT molecular complexity index is 86.4. The average molecular weight is 229 g/mol. The van der Waals surface area contributed by atoms with E-state index >= 15 is 0 Å². The van der Waals surface area contributed by atoms with Gasteiger partial charge in [0.1, 0.15) is 0 Å². The number of rotatable bonds is 4. The fourth-order valence-corrected chi connectivity index (χ4v) is 0.329. The zero-order valence-corrected chi connectivity index (χ0v) is 7.40. The first-order chi connectivity index (χ1) is 5.15. The van der Waals surface area contributed by atoms with Gasteiger partial charge in [0.05, 0.1) is 5.09 Å². The molecule has 0 aliphatic rings.